The van der Waals surface area contributed by atoms with Gasteiger partial charge in [-0.25, -0.2) is 0 Å². The van der Waals surface area contributed by atoms with Crippen LogP contribution < -0.4 is 10.6 Å². The van der Waals surface area contributed by atoms with E-state index in [0.717, 1.165) is 23.7 Å². The highest BCUT2D eigenvalue weighted by atomic mass is 16.2. The van der Waals surface area contributed by atoms with E-state index in [1.54, 1.807) is 4.68 Å². The van der Waals surface area contributed by atoms with E-state index in [9.17, 15) is 9.59 Å². The average Bonchev–Trinajstić information content (AvgIpc) is 3.07. The number of hydrogen-bond acceptors (Lipinski definition) is 3. The van der Waals surface area contributed by atoms with Crippen LogP contribution in [0.3, 0.4) is 0 Å². The summed E-state index contributed by atoms with van der Waals surface area (Å²) in [5.74, 6) is 0.106. The number of amides is 2. The third-order valence-electron chi connectivity index (χ3n) is 5.01. The van der Waals surface area contributed by atoms with E-state index < -0.39 is 0 Å². The fourth-order valence-corrected chi connectivity index (χ4v) is 3.65. The highest BCUT2D eigenvalue weighted by Crippen LogP contribution is 2.26. The molecule has 2 N–H and O–H groups in total. The zero-order chi connectivity index (χ0) is 18.4. The molecule has 138 valence electrons. The summed E-state index contributed by atoms with van der Waals surface area (Å²) in [6, 6.07) is 7.74. The Morgan fingerprint density at radius 3 is 2.77 bits per heavy atom. The molecule has 3 rings (SSSR count). The first kappa shape index (κ1) is 18.2. The van der Waals surface area contributed by atoms with Crippen molar-refractivity contribution in [2.75, 3.05) is 6.54 Å². The van der Waals surface area contributed by atoms with Gasteiger partial charge in [-0.3, -0.25) is 14.3 Å². The molecule has 0 radical (unpaired) electrons. The summed E-state index contributed by atoms with van der Waals surface area (Å²) < 4.78 is 1.67. The van der Waals surface area contributed by atoms with Gasteiger partial charge in [0.2, 0.25) is 11.8 Å². The predicted octanol–water partition coefficient (Wildman–Crippen LogP) is 2.40. The standard InChI is InChI=1S/C20H26N4O2/c1-2-19(25)21-12-18(15-8-4-3-5-9-15)22-20(26)14-24-13-16-10-6-7-11-17(16)23-24/h2,6-7,10-11,13,15,18H,1,3-5,8-9,12,14H2,(H,21,25)(H,22,26). The number of fused-ring (bicyclic) bond motifs is 1. The normalized spacial score (nSPS) is 16.2. The number of hydrogen-bond donors (Lipinski definition) is 2. The molecule has 1 unspecified atom stereocenters. The predicted molar refractivity (Wildman–Crippen MR) is 101 cm³/mol. The molecule has 1 heterocycles. The monoisotopic (exact) mass is 354 g/mol. The second-order valence-corrected chi connectivity index (χ2v) is 6.91. The summed E-state index contributed by atoms with van der Waals surface area (Å²) in [5.41, 5.74) is 0.877. The number of benzene rings is 1. The molecule has 6 heteroatoms. The molecule has 2 amide bonds. The van der Waals surface area contributed by atoms with Crippen molar-refractivity contribution in [2.45, 2.75) is 44.7 Å². The largest absolute Gasteiger partial charge is 0.351 e. The lowest BCUT2D eigenvalue weighted by atomic mass is 9.83. The van der Waals surface area contributed by atoms with Crippen molar-refractivity contribution in [1.82, 2.24) is 20.4 Å². The zero-order valence-corrected chi connectivity index (χ0v) is 15.0. The molecule has 1 fully saturated rings. The van der Waals surface area contributed by atoms with Crippen molar-refractivity contribution in [3.05, 3.63) is 43.1 Å². The molecule has 0 aliphatic heterocycles. The molecule has 0 saturated heterocycles. The van der Waals surface area contributed by atoms with E-state index in [4.69, 9.17) is 0 Å². The van der Waals surface area contributed by atoms with E-state index in [0.29, 0.717) is 12.5 Å². The van der Waals surface area contributed by atoms with Crippen LogP contribution in [0, 0.1) is 5.92 Å². The Labute approximate surface area is 153 Å². The number of aromatic nitrogens is 2. The van der Waals surface area contributed by atoms with Gasteiger partial charge in [0.25, 0.3) is 0 Å². The third-order valence-corrected chi connectivity index (χ3v) is 5.01. The molecule has 1 saturated carbocycles. The third kappa shape index (κ3) is 4.71. The number of carbonyl (C=O) groups excluding carboxylic acids is 2. The first-order valence-corrected chi connectivity index (χ1v) is 9.27. The number of carbonyl (C=O) groups is 2. The van der Waals surface area contributed by atoms with Crippen molar-refractivity contribution in [1.29, 1.82) is 0 Å². The molecule has 1 aliphatic carbocycles. The van der Waals surface area contributed by atoms with Gasteiger partial charge in [0.05, 0.1) is 5.52 Å². The summed E-state index contributed by atoms with van der Waals surface area (Å²) >= 11 is 0. The quantitative estimate of drug-likeness (QED) is 0.750. The first-order valence-electron chi connectivity index (χ1n) is 9.27. The van der Waals surface area contributed by atoms with Crippen molar-refractivity contribution in [2.24, 2.45) is 5.92 Å². The van der Waals surface area contributed by atoms with E-state index in [1.165, 1.54) is 25.3 Å². The lowest BCUT2D eigenvalue weighted by molar-refractivity contribution is -0.123. The summed E-state index contributed by atoms with van der Waals surface area (Å²) in [7, 11) is 0. The summed E-state index contributed by atoms with van der Waals surface area (Å²) in [5, 5.41) is 11.4. The van der Waals surface area contributed by atoms with Crippen LogP contribution in [0.4, 0.5) is 0 Å². The van der Waals surface area contributed by atoms with Crippen LogP contribution in [-0.2, 0) is 16.1 Å². The molecule has 1 aromatic heterocycles. The molecule has 2 aromatic rings. The topological polar surface area (TPSA) is 76.0 Å². The van der Waals surface area contributed by atoms with Crippen LogP contribution in [0.5, 0.6) is 0 Å². The Bertz CT molecular complexity index is 744. The Balaban J connectivity index is 1.62. The molecular weight excluding hydrogens is 328 g/mol. The van der Waals surface area contributed by atoms with Gasteiger partial charge in [0.1, 0.15) is 6.54 Å². The Morgan fingerprint density at radius 1 is 1.27 bits per heavy atom. The van der Waals surface area contributed by atoms with Gasteiger partial charge in [-0.05, 0) is 30.9 Å². The van der Waals surface area contributed by atoms with Crippen molar-refractivity contribution in [3.8, 4) is 0 Å². The van der Waals surface area contributed by atoms with E-state index in [-0.39, 0.29) is 24.4 Å². The van der Waals surface area contributed by atoms with Crippen LogP contribution in [0.2, 0.25) is 0 Å². The van der Waals surface area contributed by atoms with Crippen LogP contribution in [0.1, 0.15) is 32.1 Å². The van der Waals surface area contributed by atoms with Crippen LogP contribution >= 0.6 is 0 Å². The molecule has 1 atom stereocenters. The summed E-state index contributed by atoms with van der Waals surface area (Å²) in [6.45, 7) is 4.08. The maximum absolute atomic E-state index is 12.6. The van der Waals surface area contributed by atoms with E-state index in [2.05, 4.69) is 22.3 Å². The van der Waals surface area contributed by atoms with Gasteiger partial charge in [-0.15, -0.1) is 0 Å². The molecule has 26 heavy (non-hydrogen) atoms. The van der Waals surface area contributed by atoms with Gasteiger partial charge >= 0.3 is 0 Å². The molecule has 0 bridgehead atoms. The Hall–Kier alpha value is -2.63. The molecule has 1 aromatic carbocycles. The maximum Gasteiger partial charge on any atom is 0.243 e. The fraction of sp³-hybridized carbons (Fsp3) is 0.450. The van der Waals surface area contributed by atoms with Gasteiger partial charge in [-0.1, -0.05) is 44.0 Å². The Morgan fingerprint density at radius 2 is 2.04 bits per heavy atom. The minimum atomic E-state index is -0.210. The first-order chi connectivity index (χ1) is 12.7. The second-order valence-electron chi connectivity index (χ2n) is 6.91. The summed E-state index contributed by atoms with van der Waals surface area (Å²) in [4.78, 5) is 24.1. The number of nitrogens with zero attached hydrogens (tertiary/aromatic N) is 2. The van der Waals surface area contributed by atoms with Crippen LogP contribution in [0.25, 0.3) is 10.9 Å². The molecular formula is C20H26N4O2. The highest BCUT2D eigenvalue weighted by molar-refractivity contribution is 5.87. The van der Waals surface area contributed by atoms with E-state index in [1.807, 2.05) is 30.5 Å². The lowest BCUT2D eigenvalue weighted by Gasteiger charge is -2.31. The molecule has 0 spiro atoms. The lowest BCUT2D eigenvalue weighted by Crippen LogP contribution is -2.49. The number of nitrogens with one attached hydrogen (secondary N) is 2. The molecule has 6 nitrogen and oxygen atoms in total. The average molecular weight is 354 g/mol. The summed E-state index contributed by atoms with van der Waals surface area (Å²) in [6.07, 6.45) is 8.91. The van der Waals surface area contributed by atoms with Crippen molar-refractivity contribution >= 4 is 22.7 Å². The minimum Gasteiger partial charge on any atom is -0.351 e. The SMILES string of the molecule is C=CC(=O)NCC(NC(=O)Cn1cc2ccccc2n1)C1CCCCC1. The fourth-order valence-electron chi connectivity index (χ4n) is 3.65. The van der Waals surface area contributed by atoms with E-state index >= 15 is 0 Å². The zero-order valence-electron chi connectivity index (χ0n) is 15.0. The Kier molecular flexibility index (Phi) is 6.04. The second kappa shape index (κ2) is 8.65. The van der Waals surface area contributed by atoms with Crippen molar-refractivity contribution in [3.63, 3.8) is 0 Å². The smallest absolute Gasteiger partial charge is 0.243 e. The van der Waals surface area contributed by atoms with Crippen molar-refractivity contribution < 1.29 is 9.59 Å². The minimum absolute atomic E-state index is 0.0586. The van der Waals surface area contributed by atoms with Crippen LogP contribution in [0.15, 0.2) is 43.1 Å². The van der Waals surface area contributed by atoms with Gasteiger partial charge in [0.15, 0.2) is 0 Å². The van der Waals surface area contributed by atoms with Gasteiger partial charge in [-0.2, -0.15) is 5.10 Å². The molecule has 1 aliphatic rings. The number of rotatable bonds is 7. The van der Waals surface area contributed by atoms with Gasteiger partial charge in [0, 0.05) is 24.2 Å². The highest BCUT2D eigenvalue weighted by Gasteiger charge is 2.25. The van der Waals surface area contributed by atoms with Gasteiger partial charge < -0.3 is 10.6 Å². The van der Waals surface area contributed by atoms with Crippen LogP contribution in [-0.4, -0.2) is 34.2 Å². The maximum atomic E-state index is 12.6.